The highest BCUT2D eigenvalue weighted by molar-refractivity contribution is 5.04. The molecule has 0 aromatic carbocycles. The monoisotopic (exact) mass is 240 g/mol. The predicted octanol–water partition coefficient (Wildman–Crippen LogP) is 3.28. The van der Waals surface area contributed by atoms with Crippen LogP contribution in [0.2, 0.25) is 0 Å². The summed E-state index contributed by atoms with van der Waals surface area (Å²) >= 11 is 0. The van der Waals surface area contributed by atoms with Crippen LogP contribution in [-0.2, 0) is 0 Å². The van der Waals surface area contributed by atoms with Gasteiger partial charge in [0.25, 0.3) is 0 Å². The summed E-state index contributed by atoms with van der Waals surface area (Å²) in [6, 6.07) is 0. The summed E-state index contributed by atoms with van der Waals surface area (Å²) < 4.78 is 0. The van der Waals surface area contributed by atoms with Crippen molar-refractivity contribution in [3.8, 4) is 0 Å². The fourth-order valence-electron chi connectivity index (χ4n) is 2.94. The van der Waals surface area contributed by atoms with Gasteiger partial charge < -0.3 is 5.32 Å². The van der Waals surface area contributed by atoms with Gasteiger partial charge in [-0.3, -0.25) is 4.90 Å². The highest BCUT2D eigenvalue weighted by Gasteiger charge is 2.45. The Morgan fingerprint density at radius 1 is 1.12 bits per heavy atom. The predicted molar refractivity (Wildman–Crippen MR) is 76.4 cm³/mol. The molecule has 0 aliphatic carbocycles. The van der Waals surface area contributed by atoms with Gasteiger partial charge in [-0.2, -0.15) is 0 Å². The van der Waals surface area contributed by atoms with E-state index < -0.39 is 0 Å². The standard InChI is InChI=1S/C15H32N2/c1-8-9-15(13(2,3)4)12-17(11-10-16-15)14(5,6)7/h16H,8-12H2,1-7H3. The van der Waals surface area contributed by atoms with Crippen LogP contribution in [0.4, 0.5) is 0 Å². The van der Waals surface area contributed by atoms with E-state index in [0.29, 0.717) is 5.41 Å². The normalized spacial score (nSPS) is 28.4. The van der Waals surface area contributed by atoms with E-state index in [1.54, 1.807) is 0 Å². The molecule has 1 aliphatic rings. The van der Waals surface area contributed by atoms with Crippen LogP contribution in [0.1, 0.15) is 61.3 Å². The number of hydrogen-bond donors (Lipinski definition) is 1. The van der Waals surface area contributed by atoms with Crippen molar-refractivity contribution in [3.63, 3.8) is 0 Å². The van der Waals surface area contributed by atoms with Gasteiger partial charge in [0.2, 0.25) is 0 Å². The highest BCUT2D eigenvalue weighted by atomic mass is 15.3. The quantitative estimate of drug-likeness (QED) is 0.797. The van der Waals surface area contributed by atoms with Crippen LogP contribution in [0.3, 0.4) is 0 Å². The molecule has 17 heavy (non-hydrogen) atoms. The molecule has 0 radical (unpaired) electrons. The van der Waals surface area contributed by atoms with Gasteiger partial charge in [0.05, 0.1) is 0 Å². The maximum absolute atomic E-state index is 3.83. The third-order valence-electron chi connectivity index (χ3n) is 4.37. The average molecular weight is 240 g/mol. The lowest BCUT2D eigenvalue weighted by atomic mass is 9.69. The lowest BCUT2D eigenvalue weighted by molar-refractivity contribution is -0.00226. The zero-order valence-corrected chi connectivity index (χ0v) is 13.0. The third kappa shape index (κ3) is 3.23. The Hall–Kier alpha value is -0.0800. The first-order valence-corrected chi connectivity index (χ1v) is 7.12. The molecule has 2 heteroatoms. The molecular weight excluding hydrogens is 208 g/mol. The zero-order chi connectivity index (χ0) is 13.3. The Bertz CT molecular complexity index is 243. The Balaban J connectivity index is 2.92. The van der Waals surface area contributed by atoms with Gasteiger partial charge in [-0.1, -0.05) is 34.1 Å². The number of nitrogens with one attached hydrogen (secondary N) is 1. The van der Waals surface area contributed by atoms with E-state index in [1.807, 2.05) is 0 Å². The maximum Gasteiger partial charge on any atom is 0.0358 e. The van der Waals surface area contributed by atoms with E-state index >= 15 is 0 Å². The second-order valence-corrected chi connectivity index (χ2v) is 7.60. The van der Waals surface area contributed by atoms with Gasteiger partial charge in [0.1, 0.15) is 0 Å². The summed E-state index contributed by atoms with van der Waals surface area (Å²) in [6.07, 6.45) is 2.52. The smallest absolute Gasteiger partial charge is 0.0358 e. The summed E-state index contributed by atoms with van der Waals surface area (Å²) in [5.74, 6) is 0. The van der Waals surface area contributed by atoms with Crippen LogP contribution in [0, 0.1) is 5.41 Å². The van der Waals surface area contributed by atoms with Crippen molar-refractivity contribution >= 4 is 0 Å². The lowest BCUT2D eigenvalue weighted by Crippen LogP contribution is -2.68. The van der Waals surface area contributed by atoms with Crippen molar-refractivity contribution in [2.75, 3.05) is 19.6 Å². The molecule has 0 amide bonds. The van der Waals surface area contributed by atoms with Crippen LogP contribution in [-0.4, -0.2) is 35.6 Å². The Kier molecular flexibility index (Phi) is 4.31. The second-order valence-electron chi connectivity index (χ2n) is 7.60. The molecule has 0 spiro atoms. The highest BCUT2D eigenvalue weighted by Crippen LogP contribution is 2.37. The SMILES string of the molecule is CCCC1(C(C)(C)C)CN(C(C)(C)C)CCN1. The molecule has 1 atom stereocenters. The summed E-state index contributed by atoms with van der Waals surface area (Å²) in [4.78, 5) is 2.64. The van der Waals surface area contributed by atoms with Crippen molar-refractivity contribution in [1.29, 1.82) is 0 Å². The maximum atomic E-state index is 3.83. The van der Waals surface area contributed by atoms with E-state index in [-0.39, 0.29) is 11.1 Å². The topological polar surface area (TPSA) is 15.3 Å². The first-order valence-electron chi connectivity index (χ1n) is 7.12. The minimum absolute atomic E-state index is 0.271. The molecule has 0 bridgehead atoms. The van der Waals surface area contributed by atoms with Crippen LogP contribution < -0.4 is 5.32 Å². The fourth-order valence-corrected chi connectivity index (χ4v) is 2.94. The molecule has 1 aliphatic heterocycles. The number of nitrogens with zero attached hydrogens (tertiary/aromatic N) is 1. The molecular formula is C15H32N2. The lowest BCUT2D eigenvalue weighted by Gasteiger charge is -2.54. The molecule has 1 N–H and O–H groups in total. The van der Waals surface area contributed by atoms with Crippen molar-refractivity contribution in [2.45, 2.75) is 72.4 Å². The Morgan fingerprint density at radius 3 is 2.12 bits per heavy atom. The van der Waals surface area contributed by atoms with Gasteiger partial charge >= 0.3 is 0 Å². The first kappa shape index (κ1) is 15.0. The largest absolute Gasteiger partial charge is 0.308 e. The van der Waals surface area contributed by atoms with Crippen LogP contribution in [0.5, 0.6) is 0 Å². The van der Waals surface area contributed by atoms with Crippen LogP contribution in [0.25, 0.3) is 0 Å². The van der Waals surface area contributed by atoms with E-state index in [2.05, 4.69) is 58.7 Å². The first-order chi connectivity index (χ1) is 7.62. The molecule has 1 rings (SSSR count). The molecule has 1 heterocycles. The van der Waals surface area contributed by atoms with E-state index in [9.17, 15) is 0 Å². The summed E-state index contributed by atoms with van der Waals surface area (Å²) in [7, 11) is 0. The van der Waals surface area contributed by atoms with Crippen molar-refractivity contribution < 1.29 is 0 Å². The second kappa shape index (κ2) is 4.89. The number of hydrogen-bond acceptors (Lipinski definition) is 2. The average Bonchev–Trinajstić information content (AvgIpc) is 2.15. The molecule has 2 nitrogen and oxygen atoms in total. The molecule has 102 valence electrons. The van der Waals surface area contributed by atoms with Crippen LogP contribution >= 0.6 is 0 Å². The van der Waals surface area contributed by atoms with Crippen molar-refractivity contribution in [3.05, 3.63) is 0 Å². The molecule has 1 fully saturated rings. The van der Waals surface area contributed by atoms with Gasteiger partial charge in [-0.15, -0.1) is 0 Å². The Labute approximate surface area is 108 Å². The summed E-state index contributed by atoms with van der Waals surface area (Å²) in [5, 5.41) is 3.83. The third-order valence-corrected chi connectivity index (χ3v) is 4.37. The number of rotatable bonds is 2. The van der Waals surface area contributed by atoms with Gasteiger partial charge in [-0.05, 0) is 32.6 Å². The minimum Gasteiger partial charge on any atom is -0.308 e. The molecule has 1 saturated heterocycles. The van der Waals surface area contributed by atoms with E-state index in [1.165, 1.54) is 25.9 Å². The van der Waals surface area contributed by atoms with E-state index in [0.717, 1.165) is 6.54 Å². The fraction of sp³-hybridized carbons (Fsp3) is 1.00. The van der Waals surface area contributed by atoms with E-state index in [4.69, 9.17) is 0 Å². The number of piperazine rings is 1. The molecule has 1 unspecified atom stereocenters. The van der Waals surface area contributed by atoms with Crippen LogP contribution in [0.15, 0.2) is 0 Å². The summed E-state index contributed by atoms with van der Waals surface area (Å²) in [5.41, 5.74) is 0.868. The Morgan fingerprint density at radius 2 is 1.71 bits per heavy atom. The van der Waals surface area contributed by atoms with Gasteiger partial charge in [-0.25, -0.2) is 0 Å². The van der Waals surface area contributed by atoms with Crippen molar-refractivity contribution in [1.82, 2.24) is 10.2 Å². The minimum atomic E-state index is 0.271. The van der Waals surface area contributed by atoms with Gasteiger partial charge in [0.15, 0.2) is 0 Å². The van der Waals surface area contributed by atoms with Gasteiger partial charge in [0, 0.05) is 30.7 Å². The molecule has 0 saturated carbocycles. The van der Waals surface area contributed by atoms with Crippen molar-refractivity contribution in [2.24, 2.45) is 5.41 Å². The summed E-state index contributed by atoms with van der Waals surface area (Å²) in [6.45, 7) is 19.9. The zero-order valence-electron chi connectivity index (χ0n) is 13.0. The molecule has 0 aromatic heterocycles. The molecule has 0 aromatic rings.